The van der Waals surface area contributed by atoms with E-state index in [9.17, 15) is 45.6 Å². The SMILES string of the molecule is O=C1C=C[C@]2(CCO[C@@H]3O[C@H](CO)[C@@H](O)[C@H](O)[C@H]3O)O[C@@H]3[C@@H](CCN3c3ccc(CCO[C@@H]4O[C@H](CO)[C@@H](O)[C@H](O)[C@H]4O)cc3)[C@@H]2C1. The van der Waals surface area contributed by atoms with E-state index in [0.717, 1.165) is 24.2 Å². The minimum Gasteiger partial charge on any atom is -0.394 e. The summed E-state index contributed by atoms with van der Waals surface area (Å²) in [5.74, 6) is 0.0217. The third kappa shape index (κ3) is 6.75. The Hall–Kier alpha value is -2.09. The van der Waals surface area contributed by atoms with Crippen molar-refractivity contribution in [2.24, 2.45) is 11.8 Å². The Morgan fingerprint density at radius 1 is 0.809 bits per heavy atom. The number of aliphatic hydroxyl groups excluding tert-OH is 8. The molecule has 5 aliphatic rings. The molecule has 4 heterocycles. The number of benzene rings is 1. The van der Waals surface area contributed by atoms with Gasteiger partial charge in [-0.05, 0) is 42.7 Å². The summed E-state index contributed by atoms with van der Waals surface area (Å²) < 4.78 is 29.0. The molecule has 0 unspecified atom stereocenters. The average Bonchev–Trinajstić information content (AvgIpc) is 3.62. The zero-order chi connectivity index (χ0) is 33.5. The number of ether oxygens (including phenoxy) is 5. The molecule has 14 atom stereocenters. The van der Waals surface area contributed by atoms with Crippen molar-refractivity contribution < 1.29 is 69.3 Å². The molecule has 262 valence electrons. The molecule has 47 heavy (non-hydrogen) atoms. The number of hydrogen-bond acceptors (Lipinski definition) is 15. The van der Waals surface area contributed by atoms with Crippen LogP contribution in [-0.4, -0.2) is 153 Å². The van der Waals surface area contributed by atoms with Crippen molar-refractivity contribution in [1.29, 1.82) is 0 Å². The van der Waals surface area contributed by atoms with Gasteiger partial charge >= 0.3 is 0 Å². The van der Waals surface area contributed by atoms with Gasteiger partial charge in [-0.2, -0.15) is 0 Å². The highest BCUT2D eigenvalue weighted by Gasteiger charge is 2.58. The summed E-state index contributed by atoms with van der Waals surface area (Å²) in [5, 5.41) is 79.5. The molecule has 0 saturated carbocycles. The summed E-state index contributed by atoms with van der Waals surface area (Å²) in [6, 6.07) is 7.86. The number of hydrogen-bond donors (Lipinski definition) is 8. The van der Waals surface area contributed by atoms with E-state index >= 15 is 0 Å². The largest absolute Gasteiger partial charge is 0.394 e. The number of nitrogens with zero attached hydrogens (tertiary/aromatic N) is 1. The van der Waals surface area contributed by atoms with Gasteiger partial charge in [-0.25, -0.2) is 0 Å². The number of carbonyl (C=O) groups excluding carboxylic acids is 1. The molecule has 4 saturated heterocycles. The smallest absolute Gasteiger partial charge is 0.186 e. The molecule has 1 aromatic carbocycles. The second kappa shape index (κ2) is 14.4. The van der Waals surface area contributed by atoms with E-state index in [1.165, 1.54) is 6.08 Å². The number of carbonyl (C=O) groups is 1. The Morgan fingerprint density at radius 3 is 2.00 bits per heavy atom. The normalized spacial score (nSPS) is 43.3. The Morgan fingerprint density at radius 2 is 1.40 bits per heavy atom. The van der Waals surface area contributed by atoms with Crippen molar-refractivity contribution in [3.05, 3.63) is 42.0 Å². The molecule has 4 fully saturated rings. The Kier molecular flexibility index (Phi) is 10.7. The summed E-state index contributed by atoms with van der Waals surface area (Å²) in [5.41, 5.74) is 1.10. The van der Waals surface area contributed by atoms with Gasteiger partial charge < -0.3 is 69.4 Å². The first-order chi connectivity index (χ1) is 22.6. The van der Waals surface area contributed by atoms with Crippen molar-refractivity contribution in [2.45, 2.75) is 98.9 Å². The molecule has 0 radical (unpaired) electrons. The number of fused-ring (bicyclic) bond motifs is 3. The number of rotatable bonds is 11. The zero-order valence-electron chi connectivity index (χ0n) is 25.8. The first-order valence-corrected chi connectivity index (χ1v) is 16.2. The van der Waals surface area contributed by atoms with Crippen molar-refractivity contribution >= 4 is 11.5 Å². The van der Waals surface area contributed by atoms with Gasteiger partial charge in [-0.1, -0.05) is 12.1 Å². The molecule has 15 heteroatoms. The van der Waals surface area contributed by atoms with Gasteiger partial charge in [0.05, 0.1) is 32.0 Å². The van der Waals surface area contributed by atoms with Crippen LogP contribution < -0.4 is 4.90 Å². The lowest BCUT2D eigenvalue weighted by molar-refractivity contribution is -0.302. The van der Waals surface area contributed by atoms with E-state index in [0.29, 0.717) is 19.3 Å². The maximum atomic E-state index is 12.5. The lowest BCUT2D eigenvalue weighted by atomic mass is 9.72. The predicted octanol–water partition coefficient (Wildman–Crippen LogP) is -2.68. The highest BCUT2D eigenvalue weighted by molar-refractivity contribution is 5.91. The predicted molar refractivity (Wildman–Crippen MR) is 160 cm³/mol. The van der Waals surface area contributed by atoms with Crippen LogP contribution in [0.25, 0.3) is 0 Å². The average molecular weight is 668 g/mol. The van der Waals surface area contributed by atoms with Crippen LogP contribution >= 0.6 is 0 Å². The summed E-state index contributed by atoms with van der Waals surface area (Å²) in [6.07, 6.45) is -8.46. The van der Waals surface area contributed by atoms with Gasteiger partial charge in [0.25, 0.3) is 0 Å². The fourth-order valence-corrected chi connectivity index (χ4v) is 7.52. The second-order valence-corrected chi connectivity index (χ2v) is 13.0. The Labute approximate surface area is 271 Å². The van der Waals surface area contributed by atoms with Gasteiger partial charge in [-0.15, -0.1) is 0 Å². The third-order valence-corrected chi connectivity index (χ3v) is 10.2. The van der Waals surface area contributed by atoms with Crippen LogP contribution in [0.4, 0.5) is 5.69 Å². The van der Waals surface area contributed by atoms with E-state index in [4.69, 9.17) is 23.7 Å². The fraction of sp³-hybridized carbons (Fsp3) is 0.719. The van der Waals surface area contributed by atoms with Gasteiger partial charge in [0.2, 0.25) is 0 Å². The summed E-state index contributed by atoms with van der Waals surface area (Å²) in [4.78, 5) is 14.7. The number of aliphatic hydroxyl groups is 8. The number of ketones is 1. The molecule has 0 amide bonds. The third-order valence-electron chi connectivity index (χ3n) is 10.2. The Balaban J connectivity index is 1.06. The lowest BCUT2D eigenvalue weighted by Gasteiger charge is -2.40. The van der Waals surface area contributed by atoms with Crippen molar-refractivity contribution in [3.63, 3.8) is 0 Å². The molecule has 4 aliphatic heterocycles. The molecular formula is C32H45NO14. The van der Waals surface area contributed by atoms with Crippen molar-refractivity contribution in [3.8, 4) is 0 Å². The topological polar surface area (TPSA) is 228 Å². The molecule has 0 aromatic heterocycles. The van der Waals surface area contributed by atoms with Crippen molar-refractivity contribution in [2.75, 3.05) is 37.9 Å². The molecule has 0 bridgehead atoms. The van der Waals surface area contributed by atoms with E-state index in [1.54, 1.807) is 6.08 Å². The molecule has 6 rings (SSSR count). The highest BCUT2D eigenvalue weighted by Crippen LogP contribution is 2.53. The van der Waals surface area contributed by atoms with E-state index < -0.39 is 80.2 Å². The van der Waals surface area contributed by atoms with Crippen molar-refractivity contribution in [1.82, 2.24) is 0 Å². The highest BCUT2D eigenvalue weighted by atomic mass is 16.7. The van der Waals surface area contributed by atoms with E-state index in [2.05, 4.69) is 4.90 Å². The quantitative estimate of drug-likeness (QED) is 0.120. The second-order valence-electron chi connectivity index (χ2n) is 13.0. The Bertz CT molecular complexity index is 1250. The van der Waals surface area contributed by atoms with Crippen LogP contribution in [0.2, 0.25) is 0 Å². The molecule has 1 aromatic rings. The van der Waals surface area contributed by atoms with Gasteiger partial charge in [0.1, 0.15) is 55.1 Å². The summed E-state index contributed by atoms with van der Waals surface area (Å²) in [6.45, 7) is -0.118. The number of anilines is 1. The zero-order valence-corrected chi connectivity index (χ0v) is 25.8. The van der Waals surface area contributed by atoms with Crippen LogP contribution in [0.3, 0.4) is 0 Å². The van der Waals surface area contributed by atoms with Gasteiger partial charge in [0, 0.05) is 36.9 Å². The molecule has 15 nitrogen and oxygen atoms in total. The molecule has 0 spiro atoms. The summed E-state index contributed by atoms with van der Waals surface area (Å²) >= 11 is 0. The minimum absolute atomic E-state index is 0.0264. The van der Waals surface area contributed by atoms with Crippen LogP contribution in [-0.2, 0) is 34.9 Å². The first kappa shape index (κ1) is 34.8. The maximum Gasteiger partial charge on any atom is 0.186 e. The monoisotopic (exact) mass is 667 g/mol. The maximum absolute atomic E-state index is 12.5. The van der Waals surface area contributed by atoms with Gasteiger partial charge in [0.15, 0.2) is 18.4 Å². The fourth-order valence-electron chi connectivity index (χ4n) is 7.52. The molecule has 1 aliphatic carbocycles. The molecular weight excluding hydrogens is 622 g/mol. The first-order valence-electron chi connectivity index (χ1n) is 16.2. The summed E-state index contributed by atoms with van der Waals surface area (Å²) in [7, 11) is 0. The molecule has 8 N–H and O–H groups in total. The van der Waals surface area contributed by atoms with Gasteiger partial charge in [-0.3, -0.25) is 4.79 Å². The van der Waals surface area contributed by atoms with Crippen LogP contribution in [0.15, 0.2) is 36.4 Å². The number of allylic oxidation sites excluding steroid dienone is 1. The minimum atomic E-state index is -1.54. The van der Waals surface area contributed by atoms with Crippen LogP contribution in [0, 0.1) is 11.8 Å². The van der Waals surface area contributed by atoms with Crippen LogP contribution in [0.5, 0.6) is 0 Å². The van der Waals surface area contributed by atoms with Crippen LogP contribution in [0.1, 0.15) is 24.8 Å². The lowest BCUT2D eigenvalue weighted by Crippen LogP contribution is -2.59. The van der Waals surface area contributed by atoms with E-state index in [-0.39, 0.29) is 37.1 Å². The standard InChI is InChI=1S/C32H45NO14/c34-14-21-23(37)25(39)27(41)30(45-21)43-11-7-16-1-3-17(4-2-16)33-10-6-19-20-13-18(36)5-8-32(20,47-29(19)33)9-12-44-31-28(42)26(40)24(38)22(15-35)46-31/h1-5,8,19-31,34-35,37-42H,6-7,9-15H2/t19-,20-,21+,22+,23+,24+,25-,26-,27+,28+,29+,30+,31+,32+/m0/s1. The van der Waals surface area contributed by atoms with E-state index in [1.807, 2.05) is 24.3 Å².